The first-order chi connectivity index (χ1) is 8.33. The minimum absolute atomic E-state index is 0.244. The van der Waals surface area contributed by atoms with Crippen molar-refractivity contribution in [2.24, 2.45) is 0 Å². The van der Waals surface area contributed by atoms with Crippen molar-refractivity contribution in [2.75, 3.05) is 33.3 Å². The fourth-order valence-electron chi connectivity index (χ4n) is 2.69. The number of likely N-dealkylation sites (N-methyl/N-ethyl adjacent to an activating group) is 1. The van der Waals surface area contributed by atoms with Gasteiger partial charge in [0, 0.05) is 26.2 Å². The maximum Gasteiger partial charge on any atom is 0.0949 e. The summed E-state index contributed by atoms with van der Waals surface area (Å²) in [7, 11) is 2.19. The van der Waals surface area contributed by atoms with Gasteiger partial charge in [0.15, 0.2) is 0 Å². The molecule has 1 aromatic carbocycles. The first kappa shape index (κ1) is 11.2. The van der Waals surface area contributed by atoms with Crippen molar-refractivity contribution in [1.29, 1.82) is 0 Å². The highest BCUT2D eigenvalue weighted by molar-refractivity contribution is 5.35. The molecule has 0 aromatic heterocycles. The molecule has 1 atom stereocenters. The molecule has 1 fully saturated rings. The van der Waals surface area contributed by atoms with Gasteiger partial charge in [0.1, 0.15) is 0 Å². The van der Waals surface area contributed by atoms with E-state index in [1.54, 1.807) is 0 Å². The summed E-state index contributed by atoms with van der Waals surface area (Å²) in [5, 5.41) is 3.39. The number of hydrogen-bond donors (Lipinski definition) is 1. The van der Waals surface area contributed by atoms with E-state index >= 15 is 0 Å². The van der Waals surface area contributed by atoms with Crippen LogP contribution in [-0.4, -0.2) is 38.2 Å². The van der Waals surface area contributed by atoms with Crippen LogP contribution in [0.3, 0.4) is 0 Å². The second-order valence-electron chi connectivity index (χ2n) is 5.08. The van der Waals surface area contributed by atoms with Crippen LogP contribution in [0, 0.1) is 0 Å². The number of fused-ring (bicyclic) bond motifs is 1. The Morgan fingerprint density at radius 2 is 2.29 bits per heavy atom. The number of ether oxygens (including phenoxy) is 1. The molecule has 3 nitrogen and oxygen atoms in total. The summed E-state index contributed by atoms with van der Waals surface area (Å²) in [6.45, 7) is 5.00. The van der Waals surface area contributed by atoms with E-state index in [4.69, 9.17) is 4.74 Å². The summed E-state index contributed by atoms with van der Waals surface area (Å²) in [5.74, 6) is 0. The molecule has 1 N–H and O–H groups in total. The summed E-state index contributed by atoms with van der Waals surface area (Å²) in [5.41, 5.74) is 4.32. The lowest BCUT2D eigenvalue weighted by Crippen LogP contribution is -2.33. The largest absolute Gasteiger partial charge is 0.371 e. The third kappa shape index (κ3) is 2.37. The summed E-state index contributed by atoms with van der Waals surface area (Å²) in [6, 6.07) is 6.86. The molecule has 92 valence electrons. The molecule has 2 aliphatic rings. The highest BCUT2D eigenvalue weighted by atomic mass is 16.5. The Labute approximate surface area is 103 Å². The molecule has 3 heteroatoms. The van der Waals surface area contributed by atoms with Gasteiger partial charge >= 0.3 is 0 Å². The molecule has 3 rings (SSSR count). The lowest BCUT2D eigenvalue weighted by molar-refractivity contribution is 0.0276. The lowest BCUT2D eigenvalue weighted by Gasteiger charge is -2.28. The maximum atomic E-state index is 5.80. The minimum atomic E-state index is 0.244. The third-order valence-electron chi connectivity index (χ3n) is 3.73. The van der Waals surface area contributed by atoms with E-state index < -0.39 is 0 Å². The van der Waals surface area contributed by atoms with E-state index in [2.05, 4.69) is 35.5 Å². The smallest absolute Gasteiger partial charge is 0.0949 e. The van der Waals surface area contributed by atoms with E-state index in [1.807, 2.05) is 0 Å². The standard InChI is InChI=1S/C14H20N2O/c1-16-6-4-11-8-12(2-3-13(11)10-16)14-9-15-5-7-17-14/h2-3,8,14-15H,4-7,9-10H2,1H3. The Bertz CT molecular complexity index is 399. The minimum Gasteiger partial charge on any atom is -0.371 e. The molecule has 2 heterocycles. The van der Waals surface area contributed by atoms with Crippen LogP contribution in [0.1, 0.15) is 22.8 Å². The molecule has 0 amide bonds. The lowest BCUT2D eigenvalue weighted by atomic mass is 9.95. The maximum absolute atomic E-state index is 5.80. The Hall–Kier alpha value is -0.900. The fraction of sp³-hybridized carbons (Fsp3) is 0.571. The normalized spacial score (nSPS) is 25.6. The summed E-state index contributed by atoms with van der Waals surface area (Å²) in [6.07, 6.45) is 1.41. The van der Waals surface area contributed by atoms with Gasteiger partial charge in [0.2, 0.25) is 0 Å². The number of nitrogens with zero attached hydrogens (tertiary/aromatic N) is 1. The molecule has 0 spiro atoms. The summed E-state index contributed by atoms with van der Waals surface area (Å²) in [4.78, 5) is 2.38. The van der Waals surface area contributed by atoms with Gasteiger partial charge in [-0.1, -0.05) is 18.2 Å². The van der Waals surface area contributed by atoms with Gasteiger partial charge in [-0.3, -0.25) is 0 Å². The van der Waals surface area contributed by atoms with Gasteiger partial charge in [-0.05, 0) is 30.2 Å². The second kappa shape index (κ2) is 4.77. The number of hydrogen-bond acceptors (Lipinski definition) is 3. The second-order valence-corrected chi connectivity index (χ2v) is 5.08. The van der Waals surface area contributed by atoms with E-state index in [1.165, 1.54) is 29.7 Å². The van der Waals surface area contributed by atoms with Gasteiger partial charge < -0.3 is 15.0 Å². The molecule has 0 aliphatic carbocycles. The van der Waals surface area contributed by atoms with Crippen LogP contribution in [0.25, 0.3) is 0 Å². The van der Waals surface area contributed by atoms with Crippen molar-refractivity contribution in [1.82, 2.24) is 10.2 Å². The van der Waals surface area contributed by atoms with E-state index in [-0.39, 0.29) is 6.10 Å². The molecule has 0 bridgehead atoms. The van der Waals surface area contributed by atoms with Gasteiger partial charge in [0.05, 0.1) is 12.7 Å². The van der Waals surface area contributed by atoms with Gasteiger partial charge in [-0.15, -0.1) is 0 Å². The first-order valence-corrected chi connectivity index (χ1v) is 6.45. The number of nitrogens with one attached hydrogen (secondary N) is 1. The summed E-state index contributed by atoms with van der Waals surface area (Å²) >= 11 is 0. The molecule has 0 radical (unpaired) electrons. The van der Waals surface area contributed by atoms with Crippen molar-refractivity contribution in [3.8, 4) is 0 Å². The van der Waals surface area contributed by atoms with E-state index in [9.17, 15) is 0 Å². The van der Waals surface area contributed by atoms with E-state index in [0.29, 0.717) is 0 Å². The van der Waals surface area contributed by atoms with Crippen LogP contribution in [0.15, 0.2) is 18.2 Å². The van der Waals surface area contributed by atoms with Crippen LogP contribution in [0.2, 0.25) is 0 Å². The molecule has 17 heavy (non-hydrogen) atoms. The van der Waals surface area contributed by atoms with Crippen LogP contribution in [-0.2, 0) is 17.7 Å². The van der Waals surface area contributed by atoms with Crippen LogP contribution >= 0.6 is 0 Å². The van der Waals surface area contributed by atoms with Crippen molar-refractivity contribution in [3.63, 3.8) is 0 Å². The molecule has 1 aromatic rings. The predicted molar refractivity (Wildman–Crippen MR) is 68.0 cm³/mol. The van der Waals surface area contributed by atoms with E-state index in [0.717, 1.165) is 26.2 Å². The van der Waals surface area contributed by atoms with Gasteiger partial charge in [0.25, 0.3) is 0 Å². The monoisotopic (exact) mass is 232 g/mol. The Morgan fingerprint density at radius 1 is 1.35 bits per heavy atom. The molecule has 2 aliphatic heterocycles. The SMILES string of the molecule is CN1CCc2cc(C3CNCCO3)ccc2C1. The number of morpholine rings is 1. The topological polar surface area (TPSA) is 24.5 Å². The molecular formula is C14H20N2O. The van der Waals surface area contributed by atoms with Crippen LogP contribution in [0.5, 0.6) is 0 Å². The van der Waals surface area contributed by atoms with Crippen LogP contribution < -0.4 is 5.32 Å². The van der Waals surface area contributed by atoms with Crippen molar-refractivity contribution < 1.29 is 4.74 Å². The number of benzene rings is 1. The summed E-state index contributed by atoms with van der Waals surface area (Å²) < 4.78 is 5.80. The third-order valence-corrected chi connectivity index (χ3v) is 3.73. The van der Waals surface area contributed by atoms with Crippen molar-refractivity contribution >= 4 is 0 Å². The molecule has 1 unspecified atom stereocenters. The zero-order valence-electron chi connectivity index (χ0n) is 10.4. The average molecular weight is 232 g/mol. The Morgan fingerprint density at radius 3 is 3.12 bits per heavy atom. The predicted octanol–water partition coefficient (Wildman–Crippen LogP) is 1.34. The van der Waals surface area contributed by atoms with Crippen molar-refractivity contribution in [2.45, 2.75) is 19.1 Å². The highest BCUT2D eigenvalue weighted by Crippen LogP contribution is 2.25. The van der Waals surface area contributed by atoms with Crippen molar-refractivity contribution in [3.05, 3.63) is 34.9 Å². The fourth-order valence-corrected chi connectivity index (χ4v) is 2.69. The van der Waals surface area contributed by atoms with Crippen LogP contribution in [0.4, 0.5) is 0 Å². The zero-order chi connectivity index (χ0) is 11.7. The molecular weight excluding hydrogens is 212 g/mol. The highest BCUT2D eigenvalue weighted by Gasteiger charge is 2.19. The first-order valence-electron chi connectivity index (χ1n) is 6.45. The van der Waals surface area contributed by atoms with Gasteiger partial charge in [-0.2, -0.15) is 0 Å². The average Bonchev–Trinajstić information content (AvgIpc) is 2.39. The van der Waals surface area contributed by atoms with Gasteiger partial charge in [-0.25, -0.2) is 0 Å². The molecule has 1 saturated heterocycles. The zero-order valence-corrected chi connectivity index (χ0v) is 10.4. The Balaban J connectivity index is 1.82. The molecule has 0 saturated carbocycles. The number of rotatable bonds is 1. The Kier molecular flexibility index (Phi) is 3.14. The quantitative estimate of drug-likeness (QED) is 0.790.